The first-order chi connectivity index (χ1) is 15.3. The van der Waals surface area contributed by atoms with E-state index >= 15 is 0 Å². The smallest absolute Gasteiger partial charge is 0.127 e. The highest BCUT2D eigenvalue weighted by molar-refractivity contribution is 6.31. The third kappa shape index (κ3) is 4.39. The van der Waals surface area contributed by atoms with E-state index in [1.165, 1.54) is 11.3 Å². The van der Waals surface area contributed by atoms with Gasteiger partial charge in [0, 0.05) is 36.5 Å². The van der Waals surface area contributed by atoms with Crippen LogP contribution in [0.4, 0.5) is 0 Å². The summed E-state index contributed by atoms with van der Waals surface area (Å²) in [4.78, 5) is 2.53. The maximum absolute atomic E-state index is 6.52. The van der Waals surface area contributed by atoms with Crippen molar-refractivity contribution in [2.24, 2.45) is 0 Å². The molecule has 156 valence electrons. The Kier molecular flexibility index (Phi) is 5.79. The van der Waals surface area contributed by atoms with E-state index in [0.29, 0.717) is 0 Å². The van der Waals surface area contributed by atoms with Gasteiger partial charge in [0.15, 0.2) is 0 Å². The number of halogens is 1. The van der Waals surface area contributed by atoms with E-state index in [1.54, 1.807) is 0 Å². The molecule has 4 heteroatoms. The first-order valence-electron chi connectivity index (χ1n) is 10.7. The summed E-state index contributed by atoms with van der Waals surface area (Å²) in [6, 6.07) is 31.1. The Labute approximate surface area is 188 Å². The van der Waals surface area contributed by atoms with Crippen LogP contribution in [0.5, 0.6) is 11.5 Å². The summed E-state index contributed by atoms with van der Waals surface area (Å²) in [6.07, 6.45) is 3.29. The van der Waals surface area contributed by atoms with Crippen molar-refractivity contribution in [3.63, 3.8) is 0 Å². The van der Waals surface area contributed by atoms with E-state index in [4.69, 9.17) is 16.3 Å². The Hall–Kier alpha value is -3.01. The van der Waals surface area contributed by atoms with Gasteiger partial charge < -0.3 is 9.30 Å². The van der Waals surface area contributed by atoms with Gasteiger partial charge in [-0.15, -0.1) is 0 Å². The molecule has 0 N–H and O–H groups in total. The van der Waals surface area contributed by atoms with Gasteiger partial charge in [-0.2, -0.15) is 0 Å². The number of rotatable bonds is 5. The van der Waals surface area contributed by atoms with Gasteiger partial charge in [-0.25, -0.2) is 0 Å². The maximum Gasteiger partial charge on any atom is 0.127 e. The molecule has 1 aliphatic rings. The molecule has 0 radical (unpaired) electrons. The monoisotopic (exact) mass is 428 g/mol. The molecule has 0 amide bonds. The van der Waals surface area contributed by atoms with Crippen LogP contribution >= 0.6 is 11.6 Å². The third-order valence-electron chi connectivity index (χ3n) is 5.84. The Morgan fingerprint density at radius 3 is 2.48 bits per heavy atom. The Bertz CT molecular complexity index is 1150. The van der Waals surface area contributed by atoms with Crippen LogP contribution in [-0.2, 0) is 13.1 Å². The zero-order valence-electron chi connectivity index (χ0n) is 17.3. The van der Waals surface area contributed by atoms with Crippen molar-refractivity contribution in [2.75, 3.05) is 6.54 Å². The predicted molar refractivity (Wildman–Crippen MR) is 126 cm³/mol. The second kappa shape index (κ2) is 9.01. The number of nitrogens with zero attached hydrogens (tertiary/aromatic N) is 2. The SMILES string of the molecule is Clc1ccccc1CN1CCCn2cccc2C1c1cccc(Oc2ccccc2)c1. The fourth-order valence-corrected chi connectivity index (χ4v) is 4.61. The molecule has 0 fully saturated rings. The van der Waals surface area contributed by atoms with Crippen molar-refractivity contribution in [1.29, 1.82) is 0 Å². The summed E-state index contributed by atoms with van der Waals surface area (Å²) >= 11 is 6.52. The zero-order chi connectivity index (χ0) is 21.0. The number of fused-ring (bicyclic) bond motifs is 1. The van der Waals surface area contributed by atoms with Crippen molar-refractivity contribution in [3.05, 3.63) is 119 Å². The summed E-state index contributed by atoms with van der Waals surface area (Å²) < 4.78 is 8.51. The van der Waals surface area contributed by atoms with E-state index in [1.807, 2.05) is 48.5 Å². The summed E-state index contributed by atoms with van der Waals surface area (Å²) in [7, 11) is 0. The molecule has 2 heterocycles. The molecule has 1 aliphatic heterocycles. The normalized spacial score (nSPS) is 16.5. The maximum atomic E-state index is 6.52. The van der Waals surface area contributed by atoms with Gasteiger partial charge in [-0.05, 0) is 60.0 Å². The van der Waals surface area contributed by atoms with Crippen LogP contribution in [0.2, 0.25) is 5.02 Å². The molecule has 31 heavy (non-hydrogen) atoms. The highest BCUT2D eigenvalue weighted by atomic mass is 35.5. The van der Waals surface area contributed by atoms with Crippen molar-refractivity contribution in [1.82, 2.24) is 9.47 Å². The lowest BCUT2D eigenvalue weighted by molar-refractivity contribution is 0.220. The van der Waals surface area contributed by atoms with Crippen molar-refractivity contribution in [2.45, 2.75) is 25.6 Å². The molecular weight excluding hydrogens is 404 g/mol. The molecule has 1 unspecified atom stereocenters. The van der Waals surface area contributed by atoms with Gasteiger partial charge in [0.25, 0.3) is 0 Å². The zero-order valence-corrected chi connectivity index (χ0v) is 18.1. The van der Waals surface area contributed by atoms with Crippen LogP contribution in [0.3, 0.4) is 0 Å². The topological polar surface area (TPSA) is 17.4 Å². The lowest BCUT2D eigenvalue weighted by atomic mass is 10.0. The molecule has 3 aromatic carbocycles. The fourth-order valence-electron chi connectivity index (χ4n) is 4.41. The van der Waals surface area contributed by atoms with E-state index in [-0.39, 0.29) is 6.04 Å². The largest absolute Gasteiger partial charge is 0.457 e. The van der Waals surface area contributed by atoms with E-state index in [2.05, 4.69) is 58.1 Å². The highest BCUT2D eigenvalue weighted by Gasteiger charge is 2.28. The highest BCUT2D eigenvalue weighted by Crippen LogP contribution is 2.36. The predicted octanol–water partition coefficient (Wildman–Crippen LogP) is 6.93. The lowest BCUT2D eigenvalue weighted by Gasteiger charge is -2.31. The Morgan fingerprint density at radius 2 is 1.61 bits per heavy atom. The van der Waals surface area contributed by atoms with Crippen LogP contribution in [0.15, 0.2) is 97.2 Å². The number of benzene rings is 3. The quantitative estimate of drug-likeness (QED) is 0.343. The minimum absolute atomic E-state index is 0.132. The number of aromatic nitrogens is 1. The molecule has 0 saturated heterocycles. The molecule has 1 atom stereocenters. The molecule has 0 bridgehead atoms. The molecule has 1 aromatic heterocycles. The standard InChI is InChI=1S/C27H25ClN2O/c28-25-14-5-4-9-22(25)20-30-18-8-17-29-16-7-15-26(29)27(30)21-10-6-13-24(19-21)31-23-11-2-1-3-12-23/h1-7,9-16,19,27H,8,17-18,20H2. The van der Waals surface area contributed by atoms with Crippen LogP contribution in [0, 0.1) is 0 Å². The number of ether oxygens (including phenoxy) is 1. The molecule has 0 saturated carbocycles. The van der Waals surface area contributed by atoms with Gasteiger partial charge in [0.1, 0.15) is 11.5 Å². The van der Waals surface area contributed by atoms with Gasteiger partial charge in [0.05, 0.1) is 6.04 Å². The van der Waals surface area contributed by atoms with Crippen LogP contribution < -0.4 is 4.74 Å². The minimum atomic E-state index is 0.132. The number of para-hydroxylation sites is 1. The average molecular weight is 429 g/mol. The Morgan fingerprint density at radius 1 is 0.806 bits per heavy atom. The fraction of sp³-hybridized carbons (Fsp3) is 0.185. The third-order valence-corrected chi connectivity index (χ3v) is 6.21. The summed E-state index contributed by atoms with van der Waals surface area (Å²) in [5, 5.41) is 0.821. The number of hydrogen-bond acceptors (Lipinski definition) is 2. The lowest BCUT2D eigenvalue weighted by Crippen LogP contribution is -2.29. The first-order valence-corrected chi connectivity index (χ1v) is 11.1. The number of aryl methyl sites for hydroxylation is 1. The summed E-state index contributed by atoms with van der Waals surface area (Å²) in [6.45, 7) is 2.83. The van der Waals surface area contributed by atoms with Gasteiger partial charge >= 0.3 is 0 Å². The second-order valence-corrected chi connectivity index (χ2v) is 8.34. The van der Waals surface area contributed by atoms with Gasteiger partial charge in [-0.1, -0.05) is 60.1 Å². The first kappa shape index (κ1) is 19.9. The van der Waals surface area contributed by atoms with Crippen LogP contribution in [0.25, 0.3) is 0 Å². The van der Waals surface area contributed by atoms with Gasteiger partial charge in [-0.3, -0.25) is 4.90 Å². The summed E-state index contributed by atoms with van der Waals surface area (Å²) in [5.41, 5.74) is 3.69. The van der Waals surface area contributed by atoms with Crippen molar-refractivity contribution >= 4 is 11.6 Å². The average Bonchev–Trinajstić information content (AvgIpc) is 3.17. The molecular formula is C27H25ClN2O. The molecule has 4 aromatic rings. The van der Waals surface area contributed by atoms with Crippen LogP contribution in [-0.4, -0.2) is 16.0 Å². The van der Waals surface area contributed by atoms with Gasteiger partial charge in [0.2, 0.25) is 0 Å². The molecule has 0 spiro atoms. The molecule has 0 aliphatic carbocycles. The second-order valence-electron chi connectivity index (χ2n) is 7.93. The minimum Gasteiger partial charge on any atom is -0.457 e. The molecule has 3 nitrogen and oxygen atoms in total. The number of hydrogen-bond donors (Lipinski definition) is 0. The van der Waals surface area contributed by atoms with Crippen LogP contribution in [0.1, 0.15) is 29.3 Å². The van der Waals surface area contributed by atoms with E-state index in [9.17, 15) is 0 Å². The van der Waals surface area contributed by atoms with E-state index < -0.39 is 0 Å². The Balaban J connectivity index is 1.52. The summed E-state index contributed by atoms with van der Waals surface area (Å²) in [5.74, 6) is 1.69. The van der Waals surface area contributed by atoms with E-state index in [0.717, 1.165) is 48.1 Å². The van der Waals surface area contributed by atoms with Crippen molar-refractivity contribution in [3.8, 4) is 11.5 Å². The molecule has 5 rings (SSSR count). The van der Waals surface area contributed by atoms with Crippen molar-refractivity contribution < 1.29 is 4.74 Å².